The molecule has 2 N–H and O–H groups in total. The maximum Gasteiger partial charge on any atom is 0.142 e. The highest BCUT2D eigenvalue weighted by molar-refractivity contribution is 5.59. The highest BCUT2D eigenvalue weighted by Gasteiger charge is 2.17. The van der Waals surface area contributed by atoms with Crippen LogP contribution in [0.1, 0.15) is 63.9 Å². The first-order chi connectivity index (χ1) is 11.3. The molecule has 1 saturated carbocycles. The van der Waals surface area contributed by atoms with E-state index in [-0.39, 0.29) is 0 Å². The van der Waals surface area contributed by atoms with E-state index in [9.17, 15) is 0 Å². The number of ether oxygens (including phenoxy) is 1. The van der Waals surface area contributed by atoms with E-state index >= 15 is 0 Å². The molecule has 128 valence electrons. The van der Waals surface area contributed by atoms with Gasteiger partial charge in [0.25, 0.3) is 0 Å². The Hall–Kier alpha value is -1.22. The summed E-state index contributed by atoms with van der Waals surface area (Å²) in [6.07, 6.45) is 12.3. The van der Waals surface area contributed by atoms with Gasteiger partial charge in [0.2, 0.25) is 0 Å². The van der Waals surface area contributed by atoms with E-state index < -0.39 is 0 Å². The van der Waals surface area contributed by atoms with E-state index in [1.54, 1.807) is 0 Å². The average Bonchev–Trinajstić information content (AvgIpc) is 2.56. The highest BCUT2D eigenvalue weighted by atomic mass is 16.5. The van der Waals surface area contributed by atoms with Crippen molar-refractivity contribution in [3.8, 4) is 5.75 Å². The Bertz CT molecular complexity index is 481. The first-order valence-electron chi connectivity index (χ1n) is 9.62. The van der Waals surface area contributed by atoms with Crippen LogP contribution in [0.4, 0.5) is 5.69 Å². The Kier molecular flexibility index (Phi) is 6.21. The van der Waals surface area contributed by atoms with Crippen molar-refractivity contribution in [1.29, 1.82) is 0 Å². The molecule has 0 aromatic heterocycles. The second kappa shape index (κ2) is 8.58. The summed E-state index contributed by atoms with van der Waals surface area (Å²) in [5, 5.41) is 7.30. The van der Waals surface area contributed by atoms with Gasteiger partial charge in [-0.3, -0.25) is 0 Å². The van der Waals surface area contributed by atoms with Gasteiger partial charge in [-0.25, -0.2) is 0 Å². The van der Waals surface area contributed by atoms with Crippen molar-refractivity contribution in [1.82, 2.24) is 5.32 Å². The van der Waals surface area contributed by atoms with Crippen LogP contribution in [-0.4, -0.2) is 25.2 Å². The molecule has 1 fully saturated rings. The van der Waals surface area contributed by atoms with E-state index in [2.05, 4.69) is 35.8 Å². The smallest absolute Gasteiger partial charge is 0.142 e. The van der Waals surface area contributed by atoms with E-state index in [4.69, 9.17) is 4.74 Å². The summed E-state index contributed by atoms with van der Waals surface area (Å²) in [4.78, 5) is 0. The van der Waals surface area contributed by atoms with Crippen LogP contribution in [0.25, 0.3) is 0 Å². The van der Waals surface area contributed by atoms with Crippen LogP contribution in [0.3, 0.4) is 0 Å². The maximum atomic E-state index is 5.98. The molecule has 1 heterocycles. The fourth-order valence-corrected chi connectivity index (χ4v) is 3.73. The zero-order valence-corrected chi connectivity index (χ0v) is 14.6. The van der Waals surface area contributed by atoms with Crippen molar-refractivity contribution in [2.75, 3.05) is 18.4 Å². The molecule has 3 nitrogen and oxygen atoms in total. The first kappa shape index (κ1) is 16.6. The second-order valence-electron chi connectivity index (χ2n) is 7.11. The minimum absolute atomic E-state index is 0.314. The fourth-order valence-electron chi connectivity index (χ4n) is 3.73. The summed E-state index contributed by atoms with van der Waals surface area (Å²) in [6.45, 7) is 4.18. The van der Waals surface area contributed by atoms with Crippen LogP contribution >= 0.6 is 0 Å². The predicted molar refractivity (Wildman–Crippen MR) is 97.5 cm³/mol. The molecule has 1 aromatic rings. The minimum Gasteiger partial charge on any atom is -0.486 e. The lowest BCUT2D eigenvalue weighted by Gasteiger charge is -2.27. The van der Waals surface area contributed by atoms with Crippen LogP contribution in [0.15, 0.2) is 18.2 Å². The Balaban J connectivity index is 1.47. The van der Waals surface area contributed by atoms with Crippen LogP contribution < -0.4 is 15.4 Å². The molecule has 1 aromatic carbocycles. The van der Waals surface area contributed by atoms with Crippen LogP contribution in [0.2, 0.25) is 0 Å². The summed E-state index contributed by atoms with van der Waals surface area (Å²) in [7, 11) is 0. The number of nitrogens with one attached hydrogen (secondary N) is 2. The van der Waals surface area contributed by atoms with E-state index in [0.717, 1.165) is 43.4 Å². The lowest BCUT2D eigenvalue weighted by atomic mass is 9.96. The Morgan fingerprint density at radius 3 is 2.70 bits per heavy atom. The van der Waals surface area contributed by atoms with Crippen molar-refractivity contribution in [3.05, 3.63) is 23.8 Å². The van der Waals surface area contributed by atoms with Crippen molar-refractivity contribution < 1.29 is 4.74 Å². The molecule has 1 unspecified atom stereocenters. The van der Waals surface area contributed by atoms with Crippen molar-refractivity contribution >= 4 is 5.69 Å². The highest BCUT2D eigenvalue weighted by Crippen LogP contribution is 2.30. The molecule has 1 aliphatic carbocycles. The number of anilines is 1. The molecule has 1 atom stereocenters. The minimum atomic E-state index is 0.314. The fraction of sp³-hybridized carbons (Fsp3) is 0.700. The number of benzene rings is 1. The molecule has 2 aliphatic rings. The van der Waals surface area contributed by atoms with Gasteiger partial charge in [0, 0.05) is 6.04 Å². The van der Waals surface area contributed by atoms with Crippen LogP contribution in [0.5, 0.6) is 5.75 Å². The average molecular weight is 316 g/mol. The third-order valence-corrected chi connectivity index (χ3v) is 5.26. The monoisotopic (exact) mass is 316 g/mol. The third-order valence-electron chi connectivity index (χ3n) is 5.26. The quantitative estimate of drug-likeness (QED) is 0.838. The van der Waals surface area contributed by atoms with Crippen LogP contribution in [0, 0.1) is 0 Å². The van der Waals surface area contributed by atoms with Crippen molar-refractivity contribution in [2.24, 2.45) is 0 Å². The Morgan fingerprint density at radius 2 is 1.91 bits per heavy atom. The molecule has 0 radical (unpaired) electrons. The summed E-state index contributed by atoms with van der Waals surface area (Å²) >= 11 is 0. The van der Waals surface area contributed by atoms with Gasteiger partial charge in [0.1, 0.15) is 11.9 Å². The SMILES string of the molecule is CCC1CNc2cc(CCNC3CCCCCCC3)ccc2O1. The second-order valence-corrected chi connectivity index (χ2v) is 7.11. The van der Waals surface area contributed by atoms with Gasteiger partial charge in [0.15, 0.2) is 0 Å². The lowest BCUT2D eigenvalue weighted by molar-refractivity contribution is 0.202. The zero-order chi connectivity index (χ0) is 15.9. The summed E-state index contributed by atoms with van der Waals surface area (Å²) < 4.78 is 5.98. The van der Waals surface area contributed by atoms with Gasteiger partial charge in [0.05, 0.1) is 12.2 Å². The molecule has 0 amide bonds. The van der Waals surface area contributed by atoms with Gasteiger partial charge >= 0.3 is 0 Å². The normalized spacial score (nSPS) is 22.4. The van der Waals surface area contributed by atoms with Gasteiger partial charge in [-0.2, -0.15) is 0 Å². The summed E-state index contributed by atoms with van der Waals surface area (Å²) in [5.41, 5.74) is 2.56. The van der Waals surface area contributed by atoms with Gasteiger partial charge in [-0.15, -0.1) is 0 Å². The molecular weight excluding hydrogens is 284 g/mol. The van der Waals surface area contributed by atoms with E-state index in [0.29, 0.717) is 6.10 Å². The Labute approximate surface area is 141 Å². The number of hydrogen-bond donors (Lipinski definition) is 2. The molecule has 1 aliphatic heterocycles. The van der Waals surface area contributed by atoms with Gasteiger partial charge < -0.3 is 15.4 Å². The topological polar surface area (TPSA) is 33.3 Å². The number of fused-ring (bicyclic) bond motifs is 1. The molecule has 3 heteroatoms. The standard InChI is InChI=1S/C20H32N2O/c1-2-18-15-22-19-14-16(10-11-20(19)23-18)12-13-21-17-8-6-4-3-5-7-9-17/h10-11,14,17-18,21-22H,2-9,12-13,15H2,1H3. The van der Waals surface area contributed by atoms with Gasteiger partial charge in [-0.1, -0.05) is 45.1 Å². The zero-order valence-electron chi connectivity index (χ0n) is 14.6. The van der Waals surface area contributed by atoms with Gasteiger partial charge in [-0.05, 0) is 49.9 Å². The Morgan fingerprint density at radius 1 is 1.13 bits per heavy atom. The number of rotatable bonds is 5. The summed E-state index contributed by atoms with van der Waals surface area (Å²) in [6, 6.07) is 7.36. The van der Waals surface area contributed by atoms with Crippen molar-refractivity contribution in [3.63, 3.8) is 0 Å². The van der Waals surface area contributed by atoms with E-state index in [1.807, 2.05) is 0 Å². The molecule has 0 bridgehead atoms. The van der Waals surface area contributed by atoms with Crippen molar-refractivity contribution in [2.45, 2.75) is 76.9 Å². The first-order valence-corrected chi connectivity index (χ1v) is 9.62. The predicted octanol–water partition coefficient (Wildman–Crippen LogP) is 4.51. The van der Waals surface area contributed by atoms with E-state index in [1.165, 1.54) is 50.5 Å². The largest absolute Gasteiger partial charge is 0.486 e. The van der Waals surface area contributed by atoms with Crippen LogP contribution in [-0.2, 0) is 6.42 Å². The molecule has 3 rings (SSSR count). The molecule has 23 heavy (non-hydrogen) atoms. The molecule has 0 spiro atoms. The third kappa shape index (κ3) is 4.87. The molecular formula is C20H32N2O. The molecule has 0 saturated heterocycles. The maximum absolute atomic E-state index is 5.98. The lowest BCUT2D eigenvalue weighted by Crippen LogP contribution is -2.31. The number of hydrogen-bond acceptors (Lipinski definition) is 3. The summed E-state index contributed by atoms with van der Waals surface area (Å²) in [5.74, 6) is 1.01.